The second-order valence-corrected chi connectivity index (χ2v) is 2.44. The number of ether oxygens (including phenoxy) is 1. The van der Waals surface area contributed by atoms with Crippen LogP contribution < -0.4 is 0 Å². The highest BCUT2D eigenvalue weighted by Gasteiger charge is 2.14. The van der Waals surface area contributed by atoms with Gasteiger partial charge in [-0.2, -0.15) is 5.26 Å². The van der Waals surface area contributed by atoms with Gasteiger partial charge in [-0.15, -0.1) is 0 Å². The molecule has 0 aromatic heterocycles. The fraction of sp³-hybridized carbons (Fsp3) is 0.750. The summed E-state index contributed by atoms with van der Waals surface area (Å²) in [5.41, 5.74) is 0. The number of hydrogen-bond donors (Lipinski definition) is 0. The molecular formula is C8H14N2O2. The molecule has 0 aliphatic rings. The standard InChI is InChI=1S/C8H14N2O2/c1-4-10(7(2)5-9)6-8(11)12-3/h7H,4,6H2,1-3H3. The van der Waals surface area contributed by atoms with Gasteiger partial charge in [-0.3, -0.25) is 9.69 Å². The molecule has 0 spiro atoms. The Kier molecular flexibility index (Phi) is 5.06. The summed E-state index contributed by atoms with van der Waals surface area (Å²) < 4.78 is 4.49. The van der Waals surface area contributed by atoms with Gasteiger partial charge in [0.15, 0.2) is 0 Å². The minimum absolute atomic E-state index is 0.182. The van der Waals surface area contributed by atoms with Crippen molar-refractivity contribution in [1.82, 2.24) is 4.90 Å². The molecule has 68 valence electrons. The van der Waals surface area contributed by atoms with E-state index in [-0.39, 0.29) is 18.6 Å². The summed E-state index contributed by atoms with van der Waals surface area (Å²) in [4.78, 5) is 12.6. The highest BCUT2D eigenvalue weighted by molar-refractivity contribution is 5.71. The van der Waals surface area contributed by atoms with E-state index in [0.717, 1.165) is 0 Å². The number of rotatable bonds is 4. The average Bonchev–Trinajstić information content (AvgIpc) is 2.12. The predicted molar refractivity (Wildman–Crippen MR) is 44.3 cm³/mol. The third kappa shape index (κ3) is 3.35. The normalized spacial score (nSPS) is 12.2. The molecule has 4 heteroatoms. The first-order chi connectivity index (χ1) is 5.65. The second kappa shape index (κ2) is 5.56. The van der Waals surface area contributed by atoms with Gasteiger partial charge in [0, 0.05) is 0 Å². The first-order valence-electron chi connectivity index (χ1n) is 3.86. The summed E-state index contributed by atoms with van der Waals surface area (Å²) in [5, 5.41) is 8.58. The summed E-state index contributed by atoms with van der Waals surface area (Å²) in [6, 6.07) is 1.82. The van der Waals surface area contributed by atoms with E-state index in [1.165, 1.54) is 7.11 Å². The summed E-state index contributed by atoms with van der Waals surface area (Å²) in [6.45, 7) is 4.51. The van der Waals surface area contributed by atoms with E-state index in [1.807, 2.05) is 6.92 Å². The Balaban J connectivity index is 4.01. The van der Waals surface area contributed by atoms with Crippen LogP contribution in [0.1, 0.15) is 13.8 Å². The van der Waals surface area contributed by atoms with Crippen molar-refractivity contribution in [2.45, 2.75) is 19.9 Å². The SMILES string of the molecule is CCN(CC(=O)OC)C(C)C#N. The Bertz CT molecular complexity index is 186. The van der Waals surface area contributed by atoms with Crippen LogP contribution in [0.5, 0.6) is 0 Å². The summed E-state index contributed by atoms with van der Waals surface area (Å²) in [5.74, 6) is -0.307. The van der Waals surface area contributed by atoms with Gasteiger partial charge in [0.25, 0.3) is 0 Å². The zero-order valence-electron chi connectivity index (χ0n) is 7.70. The third-order valence-electron chi connectivity index (χ3n) is 1.70. The average molecular weight is 170 g/mol. The zero-order chi connectivity index (χ0) is 9.56. The van der Waals surface area contributed by atoms with Crippen molar-refractivity contribution in [1.29, 1.82) is 5.26 Å². The van der Waals surface area contributed by atoms with Crippen molar-refractivity contribution in [3.05, 3.63) is 0 Å². The zero-order valence-corrected chi connectivity index (χ0v) is 7.70. The van der Waals surface area contributed by atoms with Crippen molar-refractivity contribution in [3.63, 3.8) is 0 Å². The maximum Gasteiger partial charge on any atom is 0.319 e. The van der Waals surface area contributed by atoms with Crippen LogP contribution in [-0.4, -0.2) is 37.1 Å². The molecule has 4 nitrogen and oxygen atoms in total. The molecule has 0 aliphatic heterocycles. The molecule has 0 heterocycles. The lowest BCUT2D eigenvalue weighted by molar-refractivity contribution is -0.142. The molecular weight excluding hydrogens is 156 g/mol. The monoisotopic (exact) mass is 170 g/mol. The Morgan fingerprint density at radius 3 is 2.67 bits per heavy atom. The minimum Gasteiger partial charge on any atom is -0.468 e. The lowest BCUT2D eigenvalue weighted by atomic mass is 10.3. The van der Waals surface area contributed by atoms with Gasteiger partial charge >= 0.3 is 5.97 Å². The molecule has 0 bridgehead atoms. The lowest BCUT2D eigenvalue weighted by Crippen LogP contribution is -2.36. The second-order valence-electron chi connectivity index (χ2n) is 2.44. The number of hydrogen-bond acceptors (Lipinski definition) is 4. The predicted octanol–water partition coefficient (Wildman–Crippen LogP) is 0.393. The third-order valence-corrected chi connectivity index (χ3v) is 1.70. The van der Waals surface area contributed by atoms with Gasteiger partial charge in [0.1, 0.15) is 0 Å². The summed E-state index contributed by atoms with van der Waals surface area (Å²) in [7, 11) is 1.34. The van der Waals surface area contributed by atoms with E-state index >= 15 is 0 Å². The van der Waals surface area contributed by atoms with Crippen molar-refractivity contribution in [2.24, 2.45) is 0 Å². The molecule has 0 N–H and O–H groups in total. The maximum atomic E-state index is 10.8. The molecule has 0 aliphatic carbocycles. The fourth-order valence-corrected chi connectivity index (χ4v) is 0.835. The molecule has 0 radical (unpaired) electrons. The van der Waals surface area contributed by atoms with Gasteiger partial charge in [0.05, 0.1) is 25.8 Å². The van der Waals surface area contributed by atoms with Gasteiger partial charge in [0.2, 0.25) is 0 Å². The molecule has 0 aromatic rings. The van der Waals surface area contributed by atoms with Gasteiger partial charge in [-0.1, -0.05) is 6.92 Å². The van der Waals surface area contributed by atoms with E-state index in [9.17, 15) is 4.79 Å². The number of carbonyl (C=O) groups is 1. The number of nitriles is 1. The van der Waals surface area contributed by atoms with E-state index in [0.29, 0.717) is 6.54 Å². The van der Waals surface area contributed by atoms with Crippen molar-refractivity contribution >= 4 is 5.97 Å². The first kappa shape index (κ1) is 10.9. The van der Waals surface area contributed by atoms with Crippen LogP contribution in [0, 0.1) is 11.3 Å². The van der Waals surface area contributed by atoms with Crippen LogP contribution in [0.4, 0.5) is 0 Å². The largest absolute Gasteiger partial charge is 0.468 e. The van der Waals surface area contributed by atoms with E-state index in [1.54, 1.807) is 11.8 Å². The smallest absolute Gasteiger partial charge is 0.319 e. The first-order valence-corrected chi connectivity index (χ1v) is 3.86. The maximum absolute atomic E-state index is 10.8. The van der Waals surface area contributed by atoms with Crippen LogP contribution >= 0.6 is 0 Å². The van der Waals surface area contributed by atoms with Crippen molar-refractivity contribution in [2.75, 3.05) is 20.2 Å². The molecule has 0 aromatic carbocycles. The number of methoxy groups -OCH3 is 1. The molecule has 0 saturated carbocycles. The van der Waals surface area contributed by atoms with Gasteiger partial charge in [-0.25, -0.2) is 0 Å². The molecule has 0 fully saturated rings. The van der Waals surface area contributed by atoms with Gasteiger partial charge in [-0.05, 0) is 13.5 Å². The summed E-state index contributed by atoms with van der Waals surface area (Å²) in [6.07, 6.45) is 0. The Labute approximate surface area is 72.7 Å². The lowest BCUT2D eigenvalue weighted by Gasteiger charge is -2.20. The molecule has 0 saturated heterocycles. The van der Waals surface area contributed by atoms with Crippen molar-refractivity contribution < 1.29 is 9.53 Å². The number of esters is 1. The highest BCUT2D eigenvalue weighted by Crippen LogP contribution is 1.96. The number of likely N-dealkylation sites (N-methyl/N-ethyl adjacent to an activating group) is 1. The van der Waals surface area contributed by atoms with Crippen LogP contribution in [-0.2, 0) is 9.53 Å². The van der Waals surface area contributed by atoms with Crippen LogP contribution in [0.3, 0.4) is 0 Å². The van der Waals surface area contributed by atoms with E-state index in [2.05, 4.69) is 10.8 Å². The highest BCUT2D eigenvalue weighted by atomic mass is 16.5. The van der Waals surface area contributed by atoms with Gasteiger partial charge < -0.3 is 4.74 Å². The number of nitrogens with zero attached hydrogens (tertiary/aromatic N) is 2. The quantitative estimate of drug-likeness (QED) is 0.573. The number of carbonyl (C=O) groups excluding carboxylic acids is 1. The van der Waals surface area contributed by atoms with E-state index in [4.69, 9.17) is 5.26 Å². The summed E-state index contributed by atoms with van der Waals surface area (Å²) >= 11 is 0. The van der Waals surface area contributed by atoms with Crippen LogP contribution in [0.15, 0.2) is 0 Å². The fourth-order valence-electron chi connectivity index (χ4n) is 0.835. The topological polar surface area (TPSA) is 53.3 Å². The van der Waals surface area contributed by atoms with Crippen LogP contribution in [0.2, 0.25) is 0 Å². The molecule has 1 atom stereocenters. The minimum atomic E-state index is -0.307. The van der Waals surface area contributed by atoms with Crippen LogP contribution in [0.25, 0.3) is 0 Å². The molecule has 1 unspecified atom stereocenters. The van der Waals surface area contributed by atoms with E-state index < -0.39 is 0 Å². The Morgan fingerprint density at radius 2 is 2.33 bits per heavy atom. The Morgan fingerprint density at radius 1 is 1.75 bits per heavy atom. The molecule has 12 heavy (non-hydrogen) atoms. The van der Waals surface area contributed by atoms with Crippen molar-refractivity contribution in [3.8, 4) is 6.07 Å². The molecule has 0 amide bonds. The Hall–Kier alpha value is -1.08. The molecule has 0 rings (SSSR count).